The fourth-order valence-electron chi connectivity index (χ4n) is 4.12. The summed E-state index contributed by atoms with van der Waals surface area (Å²) < 4.78 is 20.4. The lowest BCUT2D eigenvalue weighted by atomic mass is 9.68. The molecule has 2 heterocycles. The zero-order valence-electron chi connectivity index (χ0n) is 18.9. The van der Waals surface area contributed by atoms with Crippen LogP contribution in [-0.2, 0) is 43.5 Å². The molecule has 1 amide bonds. The zero-order chi connectivity index (χ0) is 25.0. The first-order chi connectivity index (χ1) is 16.3. The van der Waals surface area contributed by atoms with Gasteiger partial charge in [-0.05, 0) is 19.9 Å². The molecule has 2 aliphatic heterocycles. The van der Waals surface area contributed by atoms with Crippen molar-refractivity contribution in [2.45, 2.75) is 25.7 Å². The second kappa shape index (κ2) is 9.66. The number of amides is 1. The van der Waals surface area contributed by atoms with E-state index in [4.69, 9.17) is 24.7 Å². The van der Waals surface area contributed by atoms with Crippen LogP contribution in [0.4, 0.5) is 5.69 Å². The summed E-state index contributed by atoms with van der Waals surface area (Å²) in [6.45, 7) is 2.68. The molecule has 0 bridgehead atoms. The Morgan fingerprint density at radius 2 is 1.82 bits per heavy atom. The summed E-state index contributed by atoms with van der Waals surface area (Å²) in [6.07, 6.45) is -0.546. The van der Waals surface area contributed by atoms with Crippen molar-refractivity contribution in [2.75, 3.05) is 31.8 Å². The number of fused-ring (bicyclic) bond motifs is 2. The molecule has 1 aromatic carbocycles. The third-order valence-electron chi connectivity index (χ3n) is 5.39. The first kappa shape index (κ1) is 24.3. The molecule has 1 aromatic rings. The highest BCUT2D eigenvalue weighted by atomic mass is 16.5. The number of para-hydroxylation sites is 1. The third-order valence-corrected chi connectivity index (χ3v) is 5.39. The molecule has 2 aliphatic rings. The fraction of sp³-hybridized carbons (Fsp3) is 0.348. The molecule has 0 aromatic heterocycles. The molecule has 0 unspecified atom stereocenters. The largest absolute Gasteiger partial charge is 0.468 e. The Labute approximate surface area is 195 Å². The van der Waals surface area contributed by atoms with Crippen molar-refractivity contribution in [3.8, 4) is 6.07 Å². The number of ether oxygens (including phenoxy) is 4. The van der Waals surface area contributed by atoms with Gasteiger partial charge in [0.15, 0.2) is 5.41 Å². The van der Waals surface area contributed by atoms with Crippen molar-refractivity contribution in [2.24, 2.45) is 5.73 Å². The van der Waals surface area contributed by atoms with Gasteiger partial charge in [-0.3, -0.25) is 19.3 Å². The van der Waals surface area contributed by atoms with Gasteiger partial charge in [0, 0.05) is 11.3 Å². The quantitative estimate of drug-likeness (QED) is 0.450. The number of anilines is 1. The van der Waals surface area contributed by atoms with Crippen molar-refractivity contribution in [3.05, 3.63) is 52.6 Å². The average molecular weight is 469 g/mol. The fourth-order valence-corrected chi connectivity index (χ4v) is 4.12. The van der Waals surface area contributed by atoms with Gasteiger partial charge in [-0.15, -0.1) is 0 Å². The van der Waals surface area contributed by atoms with Gasteiger partial charge in [-0.1, -0.05) is 18.2 Å². The number of esters is 3. The topological polar surface area (TPSA) is 158 Å². The summed E-state index contributed by atoms with van der Waals surface area (Å²) in [5.74, 6) is -4.00. The average Bonchev–Trinajstić information content (AvgIpc) is 3.03. The lowest BCUT2D eigenvalue weighted by Gasteiger charge is -2.35. The number of hydrogen-bond donors (Lipinski definition) is 1. The van der Waals surface area contributed by atoms with E-state index in [0.29, 0.717) is 0 Å². The Morgan fingerprint density at radius 1 is 1.15 bits per heavy atom. The highest BCUT2D eigenvalue weighted by Gasteiger charge is 2.62. The molecule has 178 valence electrons. The minimum Gasteiger partial charge on any atom is -0.468 e. The molecule has 11 nitrogen and oxygen atoms in total. The van der Waals surface area contributed by atoms with Crippen molar-refractivity contribution >= 4 is 29.5 Å². The van der Waals surface area contributed by atoms with Crippen molar-refractivity contribution in [1.82, 2.24) is 0 Å². The second-order valence-electron chi connectivity index (χ2n) is 7.19. The zero-order valence-corrected chi connectivity index (χ0v) is 18.9. The number of nitrogens with zero attached hydrogens (tertiary/aromatic N) is 2. The molecule has 1 atom stereocenters. The molecule has 2 N–H and O–H groups in total. The van der Waals surface area contributed by atoms with Gasteiger partial charge >= 0.3 is 17.9 Å². The van der Waals surface area contributed by atoms with Crippen LogP contribution in [0.25, 0.3) is 0 Å². The number of nitrogens with two attached hydrogens (primary N) is 1. The van der Waals surface area contributed by atoms with Crippen molar-refractivity contribution in [1.29, 1.82) is 5.26 Å². The van der Waals surface area contributed by atoms with Crippen LogP contribution in [0.5, 0.6) is 0 Å². The summed E-state index contributed by atoms with van der Waals surface area (Å²) in [7, 11) is 1.17. The van der Waals surface area contributed by atoms with E-state index in [9.17, 15) is 24.4 Å². The first-order valence-corrected chi connectivity index (χ1v) is 10.4. The van der Waals surface area contributed by atoms with E-state index < -0.39 is 48.1 Å². The molecule has 1 spiro atoms. The number of rotatable bonds is 7. The van der Waals surface area contributed by atoms with E-state index in [-0.39, 0.29) is 41.4 Å². The Bertz CT molecular complexity index is 1160. The van der Waals surface area contributed by atoms with E-state index in [2.05, 4.69) is 0 Å². The summed E-state index contributed by atoms with van der Waals surface area (Å²) >= 11 is 0. The van der Waals surface area contributed by atoms with Crippen molar-refractivity contribution in [3.63, 3.8) is 0 Å². The molecular weight excluding hydrogens is 446 g/mol. The number of nitriles is 1. The molecule has 0 fully saturated rings. The molecule has 0 radical (unpaired) electrons. The Kier molecular flexibility index (Phi) is 6.91. The lowest BCUT2D eigenvalue weighted by molar-refractivity contribution is -0.143. The van der Waals surface area contributed by atoms with Gasteiger partial charge in [0.25, 0.3) is 0 Å². The van der Waals surface area contributed by atoms with E-state index in [1.165, 1.54) is 13.2 Å². The maximum atomic E-state index is 14.0. The molecular formula is C23H23N3O8. The minimum absolute atomic E-state index is 0.0616. The van der Waals surface area contributed by atoms with Gasteiger partial charge in [0.05, 0.1) is 20.3 Å². The van der Waals surface area contributed by atoms with E-state index >= 15 is 0 Å². The molecule has 0 aliphatic carbocycles. The third kappa shape index (κ3) is 3.73. The van der Waals surface area contributed by atoms with Crippen LogP contribution >= 0.6 is 0 Å². The smallest absolute Gasteiger partial charge is 0.339 e. The summed E-state index contributed by atoms with van der Waals surface area (Å²) in [4.78, 5) is 52.8. The summed E-state index contributed by atoms with van der Waals surface area (Å²) in [5.41, 5.74) is 3.67. The highest BCUT2D eigenvalue weighted by Crippen LogP contribution is 2.54. The van der Waals surface area contributed by atoms with Crippen LogP contribution < -0.4 is 10.6 Å². The monoisotopic (exact) mass is 469 g/mol. The van der Waals surface area contributed by atoms with Gasteiger partial charge in [-0.2, -0.15) is 5.26 Å². The Balaban J connectivity index is 2.38. The molecule has 11 heteroatoms. The number of benzene rings is 1. The Hall–Kier alpha value is -4.33. The van der Waals surface area contributed by atoms with E-state index in [1.807, 2.05) is 6.07 Å². The van der Waals surface area contributed by atoms with Crippen LogP contribution in [0, 0.1) is 11.3 Å². The normalized spacial score (nSPS) is 18.9. The molecule has 0 saturated carbocycles. The minimum atomic E-state index is -2.10. The molecule has 0 saturated heterocycles. The van der Waals surface area contributed by atoms with Crippen LogP contribution in [0.3, 0.4) is 0 Å². The van der Waals surface area contributed by atoms with Crippen LogP contribution in [-0.4, -0.2) is 50.7 Å². The Morgan fingerprint density at radius 3 is 2.44 bits per heavy atom. The van der Waals surface area contributed by atoms with Gasteiger partial charge < -0.3 is 24.7 Å². The second-order valence-corrected chi connectivity index (χ2v) is 7.19. The molecule has 34 heavy (non-hydrogen) atoms. The number of carbonyl (C=O) groups is 4. The van der Waals surface area contributed by atoms with E-state index in [0.717, 1.165) is 4.90 Å². The van der Waals surface area contributed by atoms with Crippen LogP contribution in [0.15, 0.2) is 47.1 Å². The number of methoxy groups -OCH3 is 1. The highest BCUT2D eigenvalue weighted by molar-refractivity contribution is 6.19. The predicted octanol–water partition coefficient (Wildman–Crippen LogP) is 0.938. The number of hydrogen-bond acceptors (Lipinski definition) is 10. The van der Waals surface area contributed by atoms with Gasteiger partial charge in [-0.25, -0.2) is 4.79 Å². The number of carbonyl (C=O) groups excluding carboxylic acids is 4. The van der Waals surface area contributed by atoms with Gasteiger partial charge in [0.2, 0.25) is 11.8 Å². The predicted molar refractivity (Wildman–Crippen MR) is 115 cm³/mol. The maximum Gasteiger partial charge on any atom is 0.339 e. The van der Waals surface area contributed by atoms with E-state index in [1.54, 1.807) is 32.0 Å². The van der Waals surface area contributed by atoms with Crippen LogP contribution in [0.1, 0.15) is 25.8 Å². The maximum absolute atomic E-state index is 14.0. The van der Waals surface area contributed by atoms with Gasteiger partial charge in [0.1, 0.15) is 35.9 Å². The van der Waals surface area contributed by atoms with Crippen molar-refractivity contribution < 1.29 is 38.1 Å². The van der Waals surface area contributed by atoms with Crippen LogP contribution in [0.2, 0.25) is 0 Å². The lowest BCUT2D eigenvalue weighted by Crippen LogP contribution is -2.49. The molecule has 3 rings (SSSR count). The standard InChI is InChI=1S/C23H23N3O8/c1-4-32-17(27)10-16-19(21(29)33-5-2)23(14(11-24)20(25)34-16)13-8-6-7-9-15(13)26(22(23)30)12-18(28)31-3/h6-9H,4-5,10,12,25H2,1-3H3/t23-/m1/s1. The summed E-state index contributed by atoms with van der Waals surface area (Å²) in [5, 5.41) is 10.0. The summed E-state index contributed by atoms with van der Waals surface area (Å²) in [6, 6.07) is 8.19. The SMILES string of the molecule is CCOC(=O)CC1=C(C(=O)OCC)[C@]2(C(=O)N(CC(=O)OC)c3ccccc32)C(C#N)=C(N)O1. The first-order valence-electron chi connectivity index (χ1n) is 10.4.